The predicted molar refractivity (Wildman–Crippen MR) is 206 cm³/mol. The van der Waals surface area contributed by atoms with Gasteiger partial charge in [-0.3, -0.25) is 48.6 Å². The first-order valence-corrected chi connectivity index (χ1v) is 19.6. The number of hydrogen-bond donors (Lipinski definition) is 2. The number of ether oxygens (including phenoxy) is 1. The minimum atomic E-state index is -0.978. The lowest BCUT2D eigenvalue weighted by Crippen LogP contribution is -2.54. The van der Waals surface area contributed by atoms with E-state index in [4.69, 9.17) is 9.84 Å². The van der Waals surface area contributed by atoms with Crippen molar-refractivity contribution >= 4 is 51.8 Å². The molecule has 5 aliphatic rings. The average Bonchev–Trinajstić information content (AvgIpc) is 3.92. The zero-order chi connectivity index (χ0) is 38.7. The summed E-state index contributed by atoms with van der Waals surface area (Å²) in [4.78, 5) is 82.6. The zero-order valence-corrected chi connectivity index (χ0v) is 31.2. The molecule has 2 N–H and O–H groups in total. The van der Waals surface area contributed by atoms with E-state index in [1.807, 2.05) is 16.9 Å². The molecule has 4 aromatic rings. The van der Waals surface area contributed by atoms with Crippen molar-refractivity contribution in [2.75, 3.05) is 50.1 Å². The number of nitrogens with one attached hydrogen (secondary N) is 2. The monoisotopic (exact) mass is 760 g/mol. The molecule has 2 saturated carbocycles. The van der Waals surface area contributed by atoms with Gasteiger partial charge in [0.15, 0.2) is 0 Å². The fraction of sp³-hybridized carbons (Fsp3) is 0.439. The van der Waals surface area contributed by atoms with Crippen molar-refractivity contribution in [3.63, 3.8) is 0 Å². The van der Waals surface area contributed by atoms with Gasteiger partial charge in [-0.25, -0.2) is 0 Å². The van der Waals surface area contributed by atoms with Crippen LogP contribution in [0.25, 0.3) is 10.9 Å². The van der Waals surface area contributed by atoms with E-state index in [9.17, 15) is 28.8 Å². The van der Waals surface area contributed by atoms with Crippen molar-refractivity contribution in [3.8, 4) is 5.75 Å². The van der Waals surface area contributed by atoms with Gasteiger partial charge in [0.25, 0.3) is 23.3 Å². The third-order valence-corrected chi connectivity index (χ3v) is 12.1. The first-order valence-electron chi connectivity index (χ1n) is 19.6. The van der Waals surface area contributed by atoms with Gasteiger partial charge in [-0.15, -0.1) is 0 Å². The van der Waals surface area contributed by atoms with E-state index in [0.29, 0.717) is 22.8 Å². The van der Waals surface area contributed by atoms with Gasteiger partial charge in [0, 0.05) is 74.7 Å². The van der Waals surface area contributed by atoms with E-state index in [1.54, 1.807) is 47.2 Å². The minimum Gasteiger partial charge on any atom is -0.496 e. The number of carbonyl (C=O) groups is 5. The molecule has 2 aromatic carbocycles. The number of amides is 5. The average molecular weight is 761 g/mol. The van der Waals surface area contributed by atoms with E-state index >= 15 is 0 Å². The normalized spacial score (nSPS) is 23.1. The largest absolute Gasteiger partial charge is 0.496 e. The van der Waals surface area contributed by atoms with Crippen LogP contribution in [0.2, 0.25) is 0 Å². The number of anilines is 2. The molecule has 56 heavy (non-hydrogen) atoms. The number of imide groups is 2. The number of aromatic nitrogens is 3. The molecule has 4 fully saturated rings. The van der Waals surface area contributed by atoms with Crippen LogP contribution >= 0.6 is 0 Å². The molecule has 290 valence electrons. The van der Waals surface area contributed by atoms with E-state index in [0.717, 1.165) is 92.7 Å². The number of piperazine rings is 1. The number of carbonyl (C=O) groups excluding carboxylic acids is 5. The highest BCUT2D eigenvalue weighted by Crippen LogP contribution is 2.36. The van der Waals surface area contributed by atoms with Crippen LogP contribution in [0.5, 0.6) is 5.75 Å². The van der Waals surface area contributed by atoms with Gasteiger partial charge in [-0.05, 0) is 87.3 Å². The maximum Gasteiger partial charge on any atom is 0.274 e. The van der Waals surface area contributed by atoms with Crippen molar-refractivity contribution in [1.29, 1.82) is 0 Å². The van der Waals surface area contributed by atoms with Gasteiger partial charge in [0.05, 0.1) is 35.4 Å². The summed E-state index contributed by atoms with van der Waals surface area (Å²) in [5, 5.41) is 10.8. The Bertz CT molecular complexity index is 2330. The van der Waals surface area contributed by atoms with Crippen LogP contribution in [0.15, 0.2) is 59.7 Å². The second kappa shape index (κ2) is 14.3. The Morgan fingerprint density at radius 2 is 1.62 bits per heavy atom. The van der Waals surface area contributed by atoms with Crippen molar-refractivity contribution < 1.29 is 28.7 Å². The highest BCUT2D eigenvalue weighted by Gasteiger charge is 2.45. The zero-order valence-electron chi connectivity index (χ0n) is 31.2. The maximum atomic E-state index is 13.4. The molecule has 5 heterocycles. The number of benzene rings is 2. The standard InChI is InChI=1S/C41H44N8O7/c1-56-35-21-33-25(19-31(35)37(51)42-32-3-2-14-47(41(32)55)26-8-9-26)23-48(44-33)27-6-4-24(5-7-27)22-45-15-17-46(18-16-45)28-10-11-29-30(20-28)40(54)49(39(29)53)34-12-13-36(50)43-38(34)52/h2-3,10-11,14,19-21,23-24,26-27,34H,4-9,12-13,15-18,22H2,1H3,(H,42,51)(H,43,50,52). The lowest BCUT2D eigenvalue weighted by Gasteiger charge is -2.39. The van der Waals surface area contributed by atoms with Gasteiger partial charge in [-0.1, -0.05) is 0 Å². The molecule has 3 aliphatic heterocycles. The number of methoxy groups -OCH3 is 1. The van der Waals surface area contributed by atoms with Crippen LogP contribution in [0.4, 0.5) is 11.4 Å². The Morgan fingerprint density at radius 1 is 0.875 bits per heavy atom. The number of pyridine rings is 1. The van der Waals surface area contributed by atoms with Crippen LogP contribution in [-0.4, -0.2) is 99.6 Å². The Labute approximate surface area is 322 Å². The minimum absolute atomic E-state index is 0.0881. The number of rotatable bonds is 9. The quantitative estimate of drug-likeness (QED) is 0.240. The Balaban J connectivity index is 0.785. The fourth-order valence-electron chi connectivity index (χ4n) is 8.84. The topological polar surface area (TPSA) is 168 Å². The highest BCUT2D eigenvalue weighted by molar-refractivity contribution is 6.23. The van der Waals surface area contributed by atoms with Crippen LogP contribution in [0, 0.1) is 5.92 Å². The predicted octanol–water partition coefficient (Wildman–Crippen LogP) is 3.75. The number of hydrogen-bond acceptors (Lipinski definition) is 10. The molecule has 0 bridgehead atoms. The fourth-order valence-corrected chi connectivity index (χ4v) is 8.84. The van der Waals surface area contributed by atoms with Crippen LogP contribution in [0.3, 0.4) is 0 Å². The molecule has 0 spiro atoms. The summed E-state index contributed by atoms with van der Waals surface area (Å²) in [6.07, 6.45) is 10.1. The molecule has 1 atom stereocenters. The molecule has 15 nitrogen and oxygen atoms in total. The van der Waals surface area contributed by atoms with Gasteiger partial charge in [0.1, 0.15) is 17.5 Å². The number of fused-ring (bicyclic) bond motifs is 2. The lowest BCUT2D eigenvalue weighted by atomic mass is 9.85. The first-order chi connectivity index (χ1) is 27.1. The summed E-state index contributed by atoms with van der Waals surface area (Å²) < 4.78 is 9.31. The van der Waals surface area contributed by atoms with Gasteiger partial charge in [-0.2, -0.15) is 5.10 Å². The molecule has 2 saturated heterocycles. The molecule has 5 amide bonds. The third-order valence-electron chi connectivity index (χ3n) is 12.1. The molecule has 15 heteroatoms. The molecular weight excluding hydrogens is 716 g/mol. The highest BCUT2D eigenvalue weighted by atomic mass is 16.5. The molecule has 0 radical (unpaired) electrons. The molecular formula is C41H44N8O7. The smallest absolute Gasteiger partial charge is 0.274 e. The van der Waals surface area contributed by atoms with Crippen LogP contribution in [0.1, 0.15) is 94.5 Å². The summed E-state index contributed by atoms with van der Waals surface area (Å²) in [5.74, 6) is -1.42. The Kier molecular flexibility index (Phi) is 9.18. The van der Waals surface area contributed by atoms with Crippen molar-refractivity contribution in [2.45, 2.75) is 69.5 Å². The van der Waals surface area contributed by atoms with Crippen LogP contribution < -0.4 is 25.8 Å². The number of nitrogens with zero attached hydrogens (tertiary/aromatic N) is 6. The van der Waals surface area contributed by atoms with E-state index in [2.05, 4.69) is 20.4 Å². The SMILES string of the molecule is COc1cc2nn(C3CCC(CN4CCN(c5ccc6c(c5)C(=O)N(C5CCC(=O)NC5=O)C6=O)CC4)CC3)cc2cc1C(=O)Nc1cccn(C2CC2)c1=O. The summed E-state index contributed by atoms with van der Waals surface area (Å²) in [7, 11) is 1.52. The first kappa shape index (κ1) is 35.8. The Hall–Kier alpha value is -5.83. The molecule has 9 rings (SSSR count). The Morgan fingerprint density at radius 3 is 2.36 bits per heavy atom. The van der Waals surface area contributed by atoms with Gasteiger partial charge >= 0.3 is 0 Å². The number of piperidine rings is 1. The van der Waals surface area contributed by atoms with Crippen molar-refractivity contribution in [1.82, 2.24) is 29.5 Å². The van der Waals surface area contributed by atoms with Gasteiger partial charge in [0.2, 0.25) is 11.8 Å². The lowest BCUT2D eigenvalue weighted by molar-refractivity contribution is -0.136. The van der Waals surface area contributed by atoms with E-state index in [-0.39, 0.29) is 41.7 Å². The second-order valence-electron chi connectivity index (χ2n) is 15.7. The van der Waals surface area contributed by atoms with E-state index < -0.39 is 35.6 Å². The van der Waals surface area contributed by atoms with Crippen molar-refractivity contribution in [3.05, 3.63) is 81.9 Å². The second-order valence-corrected chi connectivity index (χ2v) is 15.7. The van der Waals surface area contributed by atoms with Crippen molar-refractivity contribution in [2.24, 2.45) is 5.92 Å². The molecule has 2 aliphatic carbocycles. The third kappa shape index (κ3) is 6.63. The molecule has 1 unspecified atom stereocenters. The van der Waals surface area contributed by atoms with E-state index in [1.165, 1.54) is 7.11 Å². The van der Waals surface area contributed by atoms with Gasteiger partial charge < -0.3 is 19.5 Å². The summed E-state index contributed by atoms with van der Waals surface area (Å²) in [6, 6.07) is 11.8. The summed E-state index contributed by atoms with van der Waals surface area (Å²) >= 11 is 0. The summed E-state index contributed by atoms with van der Waals surface area (Å²) in [5.41, 5.74) is 2.61. The maximum absolute atomic E-state index is 13.4. The molecule has 2 aromatic heterocycles. The summed E-state index contributed by atoms with van der Waals surface area (Å²) in [6.45, 7) is 4.37. The van der Waals surface area contributed by atoms with Crippen LogP contribution in [-0.2, 0) is 9.59 Å².